The Labute approximate surface area is 150 Å². The number of nitrogens with zero attached hydrogens (tertiary/aromatic N) is 1. The Morgan fingerprint density at radius 3 is 2.88 bits per heavy atom. The third-order valence-electron chi connectivity index (χ3n) is 4.91. The predicted molar refractivity (Wildman–Crippen MR) is 95.4 cm³/mol. The average Bonchev–Trinajstić information content (AvgIpc) is 3.24. The summed E-state index contributed by atoms with van der Waals surface area (Å²) in [5.74, 6) is 0.539. The molecule has 2 unspecified atom stereocenters. The number of fused-ring (bicyclic) bond motifs is 1. The number of piperidine rings is 1. The normalized spacial score (nSPS) is 21.2. The number of ether oxygens (including phenoxy) is 2. The zero-order valence-corrected chi connectivity index (χ0v) is 14.9. The molecule has 0 aliphatic carbocycles. The molecule has 4 rings (SSSR count). The van der Waals surface area contributed by atoms with E-state index in [-0.39, 0.29) is 18.8 Å². The number of carboxylic acid groups (broad SMARTS) is 1. The van der Waals surface area contributed by atoms with Gasteiger partial charge in [-0.25, -0.2) is 0 Å². The van der Waals surface area contributed by atoms with Crippen LogP contribution < -0.4 is 9.47 Å². The Morgan fingerprint density at radius 2 is 2.12 bits per heavy atom. The minimum absolute atomic E-state index is 0.0512. The molecule has 132 valence electrons. The van der Waals surface area contributed by atoms with E-state index in [1.807, 2.05) is 12.1 Å². The van der Waals surface area contributed by atoms with Crippen LogP contribution in [0.15, 0.2) is 30.3 Å². The lowest BCUT2D eigenvalue weighted by molar-refractivity contribution is -0.143. The topological polar surface area (TPSA) is 59.0 Å². The van der Waals surface area contributed by atoms with Crippen LogP contribution in [0.5, 0.6) is 11.5 Å². The standard InChI is InChI=1S/C19H21NO4S/c1-12-4-7-17(25-12)18(20-8-2-3-14(10-20)19(21)22)13-5-6-15-16(9-13)24-11-23-15/h4-7,9,14,18H,2-3,8,10-11H2,1H3,(H,21,22). The maximum absolute atomic E-state index is 11.5. The van der Waals surface area contributed by atoms with E-state index >= 15 is 0 Å². The van der Waals surface area contributed by atoms with Crippen molar-refractivity contribution in [3.05, 3.63) is 45.6 Å². The van der Waals surface area contributed by atoms with Gasteiger partial charge in [-0.1, -0.05) is 6.07 Å². The lowest BCUT2D eigenvalue weighted by atomic mass is 9.94. The van der Waals surface area contributed by atoms with E-state index in [1.165, 1.54) is 9.75 Å². The van der Waals surface area contributed by atoms with Crippen molar-refractivity contribution in [2.24, 2.45) is 5.92 Å². The van der Waals surface area contributed by atoms with Crippen LogP contribution in [0.25, 0.3) is 0 Å². The van der Waals surface area contributed by atoms with Crippen molar-refractivity contribution < 1.29 is 19.4 Å². The molecule has 1 saturated heterocycles. The zero-order chi connectivity index (χ0) is 17.4. The summed E-state index contributed by atoms with van der Waals surface area (Å²) in [4.78, 5) is 16.3. The molecule has 3 heterocycles. The van der Waals surface area contributed by atoms with Crippen LogP contribution in [-0.2, 0) is 4.79 Å². The Balaban J connectivity index is 1.70. The van der Waals surface area contributed by atoms with E-state index in [0.717, 1.165) is 36.4 Å². The van der Waals surface area contributed by atoms with Crippen LogP contribution >= 0.6 is 11.3 Å². The SMILES string of the molecule is Cc1ccc(C(c2ccc3c(c2)OCO3)N2CCCC(C(=O)O)C2)s1. The zero-order valence-electron chi connectivity index (χ0n) is 14.1. The molecule has 2 aliphatic heterocycles. The fourth-order valence-electron chi connectivity index (χ4n) is 3.68. The van der Waals surface area contributed by atoms with Crippen molar-refractivity contribution in [1.82, 2.24) is 4.90 Å². The summed E-state index contributed by atoms with van der Waals surface area (Å²) in [6.45, 7) is 3.83. The van der Waals surface area contributed by atoms with Crippen molar-refractivity contribution >= 4 is 17.3 Å². The van der Waals surface area contributed by atoms with Gasteiger partial charge in [0.2, 0.25) is 6.79 Å². The Bertz CT molecular complexity index is 787. The molecule has 0 bridgehead atoms. The first kappa shape index (κ1) is 16.4. The number of thiophene rings is 1. The summed E-state index contributed by atoms with van der Waals surface area (Å²) in [7, 11) is 0. The molecule has 0 spiro atoms. The first-order chi connectivity index (χ1) is 12.1. The highest BCUT2D eigenvalue weighted by Crippen LogP contribution is 2.40. The summed E-state index contributed by atoms with van der Waals surface area (Å²) in [6.07, 6.45) is 1.66. The van der Waals surface area contributed by atoms with Crippen LogP contribution in [0.3, 0.4) is 0 Å². The minimum Gasteiger partial charge on any atom is -0.481 e. The minimum atomic E-state index is -0.698. The second-order valence-electron chi connectivity index (χ2n) is 6.64. The molecule has 25 heavy (non-hydrogen) atoms. The van der Waals surface area contributed by atoms with E-state index in [9.17, 15) is 9.90 Å². The van der Waals surface area contributed by atoms with Crippen LogP contribution in [0.1, 0.15) is 34.2 Å². The number of aliphatic carboxylic acids is 1. The molecular formula is C19H21NO4S. The Morgan fingerprint density at radius 1 is 1.28 bits per heavy atom. The molecule has 2 aliphatic rings. The number of hydrogen-bond acceptors (Lipinski definition) is 5. The number of likely N-dealkylation sites (tertiary alicyclic amines) is 1. The van der Waals surface area contributed by atoms with Gasteiger partial charge < -0.3 is 14.6 Å². The summed E-state index contributed by atoms with van der Waals surface area (Å²) in [6, 6.07) is 10.4. The fourth-order valence-corrected chi connectivity index (χ4v) is 4.72. The van der Waals surface area contributed by atoms with E-state index in [2.05, 4.69) is 30.0 Å². The summed E-state index contributed by atoms with van der Waals surface area (Å²) in [5.41, 5.74) is 1.12. The molecule has 2 atom stereocenters. The average molecular weight is 359 g/mol. The second-order valence-corrected chi connectivity index (χ2v) is 7.96. The van der Waals surface area contributed by atoms with E-state index in [4.69, 9.17) is 9.47 Å². The molecule has 1 aromatic heterocycles. The molecule has 1 fully saturated rings. The third-order valence-corrected chi connectivity index (χ3v) is 5.96. The fraction of sp³-hybridized carbons (Fsp3) is 0.421. The van der Waals surface area contributed by atoms with Crippen LogP contribution in [0, 0.1) is 12.8 Å². The summed E-state index contributed by atoms with van der Waals surface area (Å²) < 4.78 is 11.0. The molecule has 1 aromatic carbocycles. The van der Waals surface area contributed by atoms with Gasteiger partial charge in [0.25, 0.3) is 0 Å². The summed E-state index contributed by atoms with van der Waals surface area (Å²) >= 11 is 1.77. The van der Waals surface area contributed by atoms with E-state index in [0.29, 0.717) is 6.54 Å². The number of aryl methyl sites for hydroxylation is 1. The van der Waals surface area contributed by atoms with Crippen molar-refractivity contribution in [1.29, 1.82) is 0 Å². The van der Waals surface area contributed by atoms with Crippen LogP contribution in [0.4, 0.5) is 0 Å². The highest BCUT2D eigenvalue weighted by molar-refractivity contribution is 7.12. The number of benzene rings is 1. The highest BCUT2D eigenvalue weighted by Gasteiger charge is 2.32. The molecule has 0 saturated carbocycles. The first-order valence-corrected chi connectivity index (χ1v) is 9.36. The van der Waals surface area contributed by atoms with Gasteiger partial charge in [-0.05, 0) is 56.1 Å². The maximum atomic E-state index is 11.5. The van der Waals surface area contributed by atoms with Gasteiger partial charge >= 0.3 is 5.97 Å². The molecule has 5 nitrogen and oxygen atoms in total. The van der Waals surface area contributed by atoms with Gasteiger partial charge in [0, 0.05) is 16.3 Å². The Hall–Kier alpha value is -2.05. The molecule has 2 aromatic rings. The van der Waals surface area contributed by atoms with Gasteiger partial charge in [-0.15, -0.1) is 11.3 Å². The predicted octanol–water partition coefficient (Wildman–Crippen LogP) is 3.67. The van der Waals surface area contributed by atoms with Crippen molar-refractivity contribution in [2.45, 2.75) is 25.8 Å². The monoisotopic (exact) mass is 359 g/mol. The maximum Gasteiger partial charge on any atom is 0.307 e. The molecule has 6 heteroatoms. The number of carboxylic acids is 1. The molecule has 0 amide bonds. The van der Waals surface area contributed by atoms with Crippen molar-refractivity contribution in [2.75, 3.05) is 19.9 Å². The second kappa shape index (κ2) is 6.69. The lowest BCUT2D eigenvalue weighted by Gasteiger charge is -2.37. The first-order valence-electron chi connectivity index (χ1n) is 8.54. The molecule has 1 N–H and O–H groups in total. The van der Waals surface area contributed by atoms with Crippen molar-refractivity contribution in [3.63, 3.8) is 0 Å². The number of hydrogen-bond donors (Lipinski definition) is 1. The van der Waals surface area contributed by atoms with Crippen LogP contribution in [-0.4, -0.2) is 35.9 Å². The quantitative estimate of drug-likeness (QED) is 0.903. The third kappa shape index (κ3) is 3.24. The van der Waals surface area contributed by atoms with Crippen LogP contribution in [0.2, 0.25) is 0 Å². The number of rotatable bonds is 4. The smallest absolute Gasteiger partial charge is 0.307 e. The van der Waals surface area contributed by atoms with Gasteiger partial charge in [-0.2, -0.15) is 0 Å². The summed E-state index contributed by atoms with van der Waals surface area (Å²) in [5, 5.41) is 9.45. The molecule has 0 radical (unpaired) electrons. The van der Waals surface area contributed by atoms with E-state index in [1.54, 1.807) is 11.3 Å². The van der Waals surface area contributed by atoms with Gasteiger partial charge in [0.05, 0.1) is 12.0 Å². The van der Waals surface area contributed by atoms with E-state index < -0.39 is 5.97 Å². The van der Waals surface area contributed by atoms with Gasteiger partial charge in [0.1, 0.15) is 0 Å². The lowest BCUT2D eigenvalue weighted by Crippen LogP contribution is -2.41. The Kier molecular flexibility index (Phi) is 4.39. The molecular weight excluding hydrogens is 338 g/mol. The largest absolute Gasteiger partial charge is 0.481 e. The number of carbonyl (C=O) groups is 1. The van der Waals surface area contributed by atoms with Crippen molar-refractivity contribution in [3.8, 4) is 11.5 Å². The van der Waals surface area contributed by atoms with Gasteiger partial charge in [0.15, 0.2) is 11.5 Å². The highest BCUT2D eigenvalue weighted by atomic mass is 32.1. The van der Waals surface area contributed by atoms with Gasteiger partial charge in [-0.3, -0.25) is 9.69 Å².